The van der Waals surface area contributed by atoms with Crippen molar-refractivity contribution < 1.29 is 13.9 Å². The molecule has 0 aliphatic carbocycles. The number of hydrogen-bond acceptors (Lipinski definition) is 4. The number of carbonyl (C=O) groups is 1. The van der Waals surface area contributed by atoms with E-state index in [0.29, 0.717) is 11.3 Å². The number of nitrogens with two attached hydrogens (primary N) is 1. The van der Waals surface area contributed by atoms with Crippen LogP contribution in [0.4, 0.5) is 0 Å². The quantitative estimate of drug-likeness (QED) is 0.883. The summed E-state index contributed by atoms with van der Waals surface area (Å²) in [6, 6.07) is 7.61. The van der Waals surface area contributed by atoms with Crippen LogP contribution < -0.4 is 10.5 Å². The molecule has 0 radical (unpaired) electrons. The zero-order valence-corrected chi connectivity index (χ0v) is 14.5. The minimum atomic E-state index is -0.0296. The summed E-state index contributed by atoms with van der Waals surface area (Å²) in [5.41, 5.74) is 7.12. The minimum absolute atomic E-state index is 0.00572. The highest BCUT2D eigenvalue weighted by Crippen LogP contribution is 2.39. The first-order valence-electron chi connectivity index (χ1n) is 7.56. The second-order valence-corrected chi connectivity index (χ2v) is 6.46. The highest BCUT2D eigenvalue weighted by Gasteiger charge is 2.33. The molecule has 1 aromatic carbocycles. The maximum absolute atomic E-state index is 12.8. The minimum Gasteiger partial charge on any atom is -0.496 e. The van der Waals surface area contributed by atoms with Crippen LogP contribution in [0.15, 0.2) is 39.4 Å². The Balaban J connectivity index is 1.91. The number of ether oxygens (including phenoxy) is 1. The molecule has 1 aromatic heterocycles. The van der Waals surface area contributed by atoms with Crippen molar-refractivity contribution >= 4 is 21.8 Å². The van der Waals surface area contributed by atoms with Crippen LogP contribution >= 0.6 is 15.9 Å². The summed E-state index contributed by atoms with van der Waals surface area (Å²) in [5, 5.41) is 0. The van der Waals surface area contributed by atoms with E-state index in [1.807, 2.05) is 23.1 Å². The van der Waals surface area contributed by atoms with Gasteiger partial charge in [-0.05, 0) is 37.1 Å². The molecule has 1 fully saturated rings. The maximum atomic E-state index is 12.8. The van der Waals surface area contributed by atoms with Crippen molar-refractivity contribution in [3.05, 3.63) is 51.9 Å². The molecular weight excluding hydrogens is 360 g/mol. The summed E-state index contributed by atoms with van der Waals surface area (Å²) in [5.74, 6) is 1.38. The number of benzene rings is 1. The largest absolute Gasteiger partial charge is 0.496 e. The Labute approximate surface area is 143 Å². The van der Waals surface area contributed by atoms with Gasteiger partial charge in [0.05, 0.1) is 25.3 Å². The maximum Gasteiger partial charge on any atom is 0.257 e. The van der Waals surface area contributed by atoms with Gasteiger partial charge >= 0.3 is 0 Å². The van der Waals surface area contributed by atoms with E-state index >= 15 is 0 Å². The Hall–Kier alpha value is -1.79. The van der Waals surface area contributed by atoms with Crippen LogP contribution in [0, 0.1) is 0 Å². The number of nitrogens with zero attached hydrogens (tertiary/aromatic N) is 1. The average Bonchev–Trinajstić information content (AvgIpc) is 3.23. The van der Waals surface area contributed by atoms with E-state index < -0.39 is 0 Å². The molecule has 1 aliphatic heterocycles. The third-order valence-electron chi connectivity index (χ3n) is 4.17. The molecule has 3 rings (SSSR count). The van der Waals surface area contributed by atoms with Gasteiger partial charge in [0, 0.05) is 16.6 Å². The first-order chi connectivity index (χ1) is 11.1. The Morgan fingerprint density at radius 1 is 1.48 bits per heavy atom. The van der Waals surface area contributed by atoms with Crippen LogP contribution in [-0.4, -0.2) is 24.5 Å². The van der Waals surface area contributed by atoms with E-state index in [0.717, 1.165) is 35.2 Å². The topological polar surface area (TPSA) is 68.7 Å². The molecule has 1 atom stereocenters. The lowest BCUT2D eigenvalue weighted by molar-refractivity contribution is 0.0733. The molecule has 6 heteroatoms. The number of amides is 1. The second-order valence-electron chi connectivity index (χ2n) is 5.55. The van der Waals surface area contributed by atoms with Crippen LogP contribution in [0.5, 0.6) is 5.75 Å². The molecule has 2 N–H and O–H groups in total. The van der Waals surface area contributed by atoms with Crippen LogP contribution in [0.25, 0.3) is 0 Å². The number of likely N-dealkylation sites (tertiary alicyclic amines) is 1. The van der Waals surface area contributed by atoms with Gasteiger partial charge in [0.2, 0.25) is 0 Å². The molecule has 122 valence electrons. The number of rotatable bonds is 4. The van der Waals surface area contributed by atoms with Gasteiger partial charge in [-0.25, -0.2) is 0 Å². The van der Waals surface area contributed by atoms with Gasteiger partial charge in [0.25, 0.3) is 5.91 Å². The molecule has 1 amide bonds. The fourth-order valence-electron chi connectivity index (χ4n) is 3.06. The number of halogens is 1. The van der Waals surface area contributed by atoms with E-state index in [-0.39, 0.29) is 18.5 Å². The van der Waals surface area contributed by atoms with Gasteiger partial charge in [-0.1, -0.05) is 15.9 Å². The molecule has 1 unspecified atom stereocenters. The zero-order chi connectivity index (χ0) is 16.4. The van der Waals surface area contributed by atoms with Crippen LogP contribution in [0.2, 0.25) is 0 Å². The van der Waals surface area contributed by atoms with Gasteiger partial charge in [-0.2, -0.15) is 0 Å². The van der Waals surface area contributed by atoms with Gasteiger partial charge in [0.1, 0.15) is 17.8 Å². The molecule has 23 heavy (non-hydrogen) atoms. The molecule has 2 aromatic rings. The summed E-state index contributed by atoms with van der Waals surface area (Å²) in [6.07, 6.45) is 3.37. The Bertz CT molecular complexity index is 714. The predicted octanol–water partition coefficient (Wildman–Crippen LogP) is 3.49. The summed E-state index contributed by atoms with van der Waals surface area (Å²) in [6.45, 7) is 1.01. The first-order valence-corrected chi connectivity index (χ1v) is 8.35. The molecular formula is C17H19BrN2O3. The third kappa shape index (κ3) is 3.14. The number of methoxy groups -OCH3 is 1. The van der Waals surface area contributed by atoms with Gasteiger partial charge in [0.15, 0.2) is 0 Å². The molecule has 5 nitrogen and oxygen atoms in total. The molecule has 0 bridgehead atoms. The summed E-state index contributed by atoms with van der Waals surface area (Å²) < 4.78 is 11.7. The monoisotopic (exact) mass is 378 g/mol. The average molecular weight is 379 g/mol. The van der Waals surface area contributed by atoms with Crippen LogP contribution in [-0.2, 0) is 6.54 Å². The van der Waals surface area contributed by atoms with Crippen molar-refractivity contribution in [2.24, 2.45) is 5.73 Å². The molecule has 2 heterocycles. The predicted molar refractivity (Wildman–Crippen MR) is 90.3 cm³/mol. The van der Waals surface area contributed by atoms with E-state index in [9.17, 15) is 4.79 Å². The van der Waals surface area contributed by atoms with Crippen molar-refractivity contribution in [2.75, 3.05) is 13.7 Å². The summed E-state index contributed by atoms with van der Waals surface area (Å²) in [7, 11) is 1.65. The van der Waals surface area contributed by atoms with Gasteiger partial charge < -0.3 is 19.8 Å². The lowest BCUT2D eigenvalue weighted by Crippen LogP contribution is -2.30. The fourth-order valence-corrected chi connectivity index (χ4v) is 3.44. The third-order valence-corrected chi connectivity index (χ3v) is 4.66. The van der Waals surface area contributed by atoms with Crippen LogP contribution in [0.1, 0.15) is 40.6 Å². The summed E-state index contributed by atoms with van der Waals surface area (Å²) in [4.78, 5) is 14.7. The molecule has 0 saturated carbocycles. The highest BCUT2D eigenvalue weighted by molar-refractivity contribution is 9.10. The molecule has 1 aliphatic rings. The van der Waals surface area contributed by atoms with E-state index in [1.165, 1.54) is 6.26 Å². The standard InChI is InChI=1S/C17H19BrN2O3/c1-22-16-5-4-12(18)8-14(16)15-3-2-6-20(15)17(21)11-7-13(9-19)23-10-11/h4-5,7-8,10,15H,2-3,6,9,19H2,1H3. The summed E-state index contributed by atoms with van der Waals surface area (Å²) >= 11 is 3.50. The Morgan fingerprint density at radius 3 is 3.00 bits per heavy atom. The van der Waals surface area contributed by atoms with Gasteiger partial charge in [-0.3, -0.25) is 4.79 Å². The number of carbonyl (C=O) groups excluding carboxylic acids is 1. The van der Waals surface area contributed by atoms with Gasteiger partial charge in [-0.15, -0.1) is 0 Å². The molecule has 0 spiro atoms. The molecule has 1 saturated heterocycles. The SMILES string of the molecule is COc1ccc(Br)cc1C1CCCN1C(=O)c1coc(CN)c1. The lowest BCUT2D eigenvalue weighted by Gasteiger charge is -2.26. The van der Waals surface area contributed by atoms with Crippen molar-refractivity contribution in [2.45, 2.75) is 25.4 Å². The van der Waals surface area contributed by atoms with E-state index in [2.05, 4.69) is 15.9 Å². The lowest BCUT2D eigenvalue weighted by atomic mass is 10.0. The normalized spacial score (nSPS) is 17.5. The van der Waals surface area contributed by atoms with Crippen molar-refractivity contribution in [1.29, 1.82) is 0 Å². The Morgan fingerprint density at radius 2 is 2.30 bits per heavy atom. The fraction of sp³-hybridized carbons (Fsp3) is 0.353. The zero-order valence-electron chi connectivity index (χ0n) is 12.9. The highest BCUT2D eigenvalue weighted by atomic mass is 79.9. The number of furan rings is 1. The van der Waals surface area contributed by atoms with E-state index in [4.69, 9.17) is 14.9 Å². The van der Waals surface area contributed by atoms with Crippen LogP contribution in [0.3, 0.4) is 0 Å². The van der Waals surface area contributed by atoms with Crippen molar-refractivity contribution in [3.63, 3.8) is 0 Å². The van der Waals surface area contributed by atoms with E-state index in [1.54, 1.807) is 13.2 Å². The first kappa shape index (κ1) is 16.1. The van der Waals surface area contributed by atoms with Crippen molar-refractivity contribution in [3.8, 4) is 5.75 Å². The van der Waals surface area contributed by atoms with Crippen molar-refractivity contribution in [1.82, 2.24) is 4.90 Å². The second kappa shape index (κ2) is 6.76. The number of hydrogen-bond donors (Lipinski definition) is 1. The smallest absolute Gasteiger partial charge is 0.257 e. The Kier molecular flexibility index (Phi) is 4.73.